The molecule has 0 atom stereocenters. The number of carbonyl (C=O) groups excluding carboxylic acids is 1. The predicted molar refractivity (Wildman–Crippen MR) is 80.6 cm³/mol. The fraction of sp³-hybridized carbons (Fsp3) is 0.250. The molecule has 1 aromatic heterocycles. The maximum atomic E-state index is 12.3. The number of para-hydroxylation sites is 1. The number of nitrogens with one attached hydrogen (secondary N) is 1. The molecule has 0 aliphatic carbocycles. The minimum absolute atomic E-state index is 0.133. The van der Waals surface area contributed by atoms with E-state index in [2.05, 4.69) is 17.2 Å². The molecular weight excluding hydrogens is 250 g/mol. The van der Waals surface area contributed by atoms with Gasteiger partial charge in [-0.15, -0.1) is 0 Å². The minimum atomic E-state index is -0.133. The topological polar surface area (TPSA) is 68.0 Å². The molecule has 3 N–H and O–H groups in total. The van der Waals surface area contributed by atoms with Gasteiger partial charge >= 0.3 is 0 Å². The highest BCUT2D eigenvalue weighted by molar-refractivity contribution is 6.05. The second-order valence-corrected chi connectivity index (χ2v) is 4.66. The van der Waals surface area contributed by atoms with E-state index in [4.69, 9.17) is 5.73 Å². The van der Waals surface area contributed by atoms with Crippen LogP contribution in [0.1, 0.15) is 34.1 Å². The first-order valence-corrected chi connectivity index (χ1v) is 6.70. The van der Waals surface area contributed by atoms with Crippen molar-refractivity contribution in [1.82, 2.24) is 4.98 Å². The summed E-state index contributed by atoms with van der Waals surface area (Å²) < 4.78 is 0. The number of carbonyl (C=O) groups is 1. The normalized spacial score (nSPS) is 10.3. The maximum absolute atomic E-state index is 12.3. The number of hydrogen-bond acceptors (Lipinski definition) is 3. The van der Waals surface area contributed by atoms with E-state index in [0.717, 1.165) is 23.2 Å². The first-order chi connectivity index (χ1) is 9.65. The smallest absolute Gasteiger partial charge is 0.255 e. The first-order valence-electron chi connectivity index (χ1n) is 6.70. The van der Waals surface area contributed by atoms with Crippen LogP contribution in [0.15, 0.2) is 36.5 Å². The van der Waals surface area contributed by atoms with E-state index in [1.807, 2.05) is 25.1 Å². The second kappa shape index (κ2) is 6.30. The Morgan fingerprint density at radius 3 is 2.85 bits per heavy atom. The van der Waals surface area contributed by atoms with E-state index in [9.17, 15) is 4.79 Å². The summed E-state index contributed by atoms with van der Waals surface area (Å²) in [5.74, 6) is -0.133. The molecule has 0 bridgehead atoms. The molecule has 0 unspecified atom stereocenters. The summed E-state index contributed by atoms with van der Waals surface area (Å²) >= 11 is 0. The lowest BCUT2D eigenvalue weighted by molar-refractivity contribution is 0.102. The third kappa shape index (κ3) is 3.03. The Morgan fingerprint density at radius 1 is 1.35 bits per heavy atom. The highest BCUT2D eigenvalue weighted by atomic mass is 16.1. The lowest BCUT2D eigenvalue weighted by Gasteiger charge is -2.13. The van der Waals surface area contributed by atoms with Crippen molar-refractivity contribution in [3.05, 3.63) is 58.9 Å². The van der Waals surface area contributed by atoms with Gasteiger partial charge in [-0.2, -0.15) is 0 Å². The largest absolute Gasteiger partial charge is 0.325 e. The Balaban J connectivity index is 2.27. The molecule has 4 heteroatoms. The van der Waals surface area contributed by atoms with E-state index < -0.39 is 0 Å². The van der Waals surface area contributed by atoms with Crippen LogP contribution in [-0.4, -0.2) is 10.9 Å². The monoisotopic (exact) mass is 269 g/mol. The van der Waals surface area contributed by atoms with Crippen molar-refractivity contribution in [2.45, 2.75) is 26.8 Å². The number of amides is 1. The van der Waals surface area contributed by atoms with Gasteiger partial charge in [-0.3, -0.25) is 9.78 Å². The quantitative estimate of drug-likeness (QED) is 0.896. The van der Waals surface area contributed by atoms with E-state index in [1.165, 1.54) is 0 Å². The second-order valence-electron chi connectivity index (χ2n) is 4.66. The Morgan fingerprint density at radius 2 is 2.15 bits per heavy atom. The molecule has 0 aliphatic rings. The van der Waals surface area contributed by atoms with Crippen LogP contribution in [0.25, 0.3) is 0 Å². The lowest BCUT2D eigenvalue weighted by atomic mass is 10.1. The number of anilines is 1. The zero-order chi connectivity index (χ0) is 14.5. The summed E-state index contributed by atoms with van der Waals surface area (Å²) in [6.07, 6.45) is 2.48. The predicted octanol–water partition coefficient (Wildman–Crippen LogP) is 2.66. The van der Waals surface area contributed by atoms with E-state index in [1.54, 1.807) is 18.3 Å². The molecule has 2 aromatic rings. The van der Waals surface area contributed by atoms with Gasteiger partial charge in [0.25, 0.3) is 5.91 Å². The Hall–Kier alpha value is -2.20. The SMILES string of the molecule is CCc1cccc(C)c1NC(=O)c1ccnc(CN)c1. The molecule has 0 fully saturated rings. The molecule has 1 heterocycles. The number of nitrogens with zero attached hydrogens (tertiary/aromatic N) is 1. The van der Waals surface area contributed by atoms with Crippen LogP contribution in [0, 0.1) is 6.92 Å². The van der Waals surface area contributed by atoms with Gasteiger partial charge in [-0.1, -0.05) is 25.1 Å². The zero-order valence-electron chi connectivity index (χ0n) is 11.8. The minimum Gasteiger partial charge on any atom is -0.325 e. The van der Waals surface area contributed by atoms with Crippen LogP contribution in [-0.2, 0) is 13.0 Å². The summed E-state index contributed by atoms with van der Waals surface area (Å²) in [6, 6.07) is 9.44. The number of hydrogen-bond donors (Lipinski definition) is 2. The Kier molecular flexibility index (Phi) is 4.48. The number of rotatable bonds is 4. The molecule has 1 aromatic carbocycles. The summed E-state index contributed by atoms with van der Waals surface area (Å²) in [4.78, 5) is 16.4. The highest BCUT2D eigenvalue weighted by Gasteiger charge is 2.11. The number of nitrogens with two attached hydrogens (primary N) is 1. The van der Waals surface area contributed by atoms with Crippen molar-refractivity contribution in [3.8, 4) is 0 Å². The number of aromatic nitrogens is 1. The number of pyridine rings is 1. The van der Waals surface area contributed by atoms with Crippen molar-refractivity contribution in [2.75, 3.05) is 5.32 Å². The Bertz CT molecular complexity index is 623. The van der Waals surface area contributed by atoms with Gasteiger partial charge in [0.15, 0.2) is 0 Å². The number of aryl methyl sites for hydroxylation is 2. The fourth-order valence-corrected chi connectivity index (χ4v) is 2.12. The molecule has 2 rings (SSSR count). The van der Waals surface area contributed by atoms with Crippen molar-refractivity contribution in [1.29, 1.82) is 0 Å². The average Bonchev–Trinajstić information content (AvgIpc) is 2.49. The Labute approximate surface area is 119 Å². The van der Waals surface area contributed by atoms with Crippen LogP contribution in [0.3, 0.4) is 0 Å². The van der Waals surface area contributed by atoms with Crippen LogP contribution in [0.2, 0.25) is 0 Å². The average molecular weight is 269 g/mol. The fourth-order valence-electron chi connectivity index (χ4n) is 2.12. The summed E-state index contributed by atoms with van der Waals surface area (Å²) in [7, 11) is 0. The van der Waals surface area contributed by atoms with Crippen LogP contribution in [0.4, 0.5) is 5.69 Å². The molecule has 1 amide bonds. The molecule has 20 heavy (non-hydrogen) atoms. The third-order valence-electron chi connectivity index (χ3n) is 3.27. The molecule has 0 radical (unpaired) electrons. The molecular formula is C16H19N3O. The van der Waals surface area contributed by atoms with Gasteiger partial charge < -0.3 is 11.1 Å². The van der Waals surface area contributed by atoms with Gasteiger partial charge in [-0.25, -0.2) is 0 Å². The van der Waals surface area contributed by atoms with Crippen molar-refractivity contribution < 1.29 is 4.79 Å². The molecule has 4 nitrogen and oxygen atoms in total. The van der Waals surface area contributed by atoms with Crippen molar-refractivity contribution in [2.24, 2.45) is 5.73 Å². The van der Waals surface area contributed by atoms with E-state index >= 15 is 0 Å². The van der Waals surface area contributed by atoms with Gasteiger partial charge in [0.05, 0.1) is 5.69 Å². The summed E-state index contributed by atoms with van der Waals surface area (Å²) in [5.41, 5.74) is 9.91. The van der Waals surface area contributed by atoms with Crippen molar-refractivity contribution >= 4 is 11.6 Å². The van der Waals surface area contributed by atoms with Crippen LogP contribution < -0.4 is 11.1 Å². The standard InChI is InChI=1S/C16H19N3O/c1-3-12-6-4-5-11(2)15(12)19-16(20)13-7-8-18-14(9-13)10-17/h4-9H,3,10,17H2,1-2H3,(H,19,20). The highest BCUT2D eigenvalue weighted by Crippen LogP contribution is 2.21. The van der Waals surface area contributed by atoms with E-state index in [0.29, 0.717) is 17.8 Å². The van der Waals surface area contributed by atoms with Crippen LogP contribution >= 0.6 is 0 Å². The third-order valence-corrected chi connectivity index (χ3v) is 3.27. The number of benzene rings is 1. The molecule has 0 spiro atoms. The van der Waals surface area contributed by atoms with Gasteiger partial charge in [0, 0.05) is 24.0 Å². The molecule has 104 valence electrons. The lowest BCUT2D eigenvalue weighted by Crippen LogP contribution is -2.15. The molecule has 0 saturated carbocycles. The van der Waals surface area contributed by atoms with E-state index in [-0.39, 0.29) is 5.91 Å². The maximum Gasteiger partial charge on any atom is 0.255 e. The molecule has 0 aliphatic heterocycles. The van der Waals surface area contributed by atoms with Crippen LogP contribution in [0.5, 0.6) is 0 Å². The van der Waals surface area contributed by atoms with Crippen molar-refractivity contribution in [3.63, 3.8) is 0 Å². The first kappa shape index (κ1) is 14.2. The molecule has 0 saturated heterocycles. The summed E-state index contributed by atoms with van der Waals surface area (Å²) in [6.45, 7) is 4.39. The van der Waals surface area contributed by atoms with Gasteiger partial charge in [-0.05, 0) is 36.6 Å². The van der Waals surface area contributed by atoms with Gasteiger partial charge in [0.1, 0.15) is 0 Å². The van der Waals surface area contributed by atoms with Gasteiger partial charge in [0.2, 0.25) is 0 Å². The summed E-state index contributed by atoms with van der Waals surface area (Å²) in [5, 5.41) is 2.99. The zero-order valence-corrected chi connectivity index (χ0v) is 11.8.